The molecular weight excluding hydrogens is 620 g/mol. The van der Waals surface area contributed by atoms with Gasteiger partial charge < -0.3 is 67.1 Å². The molecule has 2 N–H and O–H groups in total. The zero-order chi connectivity index (χ0) is 33.6. The Kier molecular flexibility index (Phi) is 34.8. The molecular formula is C33H60O14. The van der Waals surface area contributed by atoms with Crippen LogP contribution in [0.4, 0.5) is 0 Å². The first-order chi connectivity index (χ1) is 23.4. The minimum absolute atomic E-state index is 0.0195. The lowest BCUT2D eigenvalue weighted by Gasteiger charge is -2.18. The van der Waals surface area contributed by atoms with E-state index in [1.165, 1.54) is 5.56 Å². The highest BCUT2D eigenvalue weighted by molar-refractivity contribution is 5.15. The Morgan fingerprint density at radius 2 is 0.660 bits per heavy atom. The van der Waals surface area contributed by atoms with Crippen LogP contribution in [-0.4, -0.2) is 181 Å². The smallest absolute Gasteiger partial charge is 0.0849 e. The first-order valence-corrected chi connectivity index (χ1v) is 16.6. The fourth-order valence-electron chi connectivity index (χ4n) is 3.74. The summed E-state index contributed by atoms with van der Waals surface area (Å²) in [5.41, 5.74) is 1.19. The molecule has 1 rings (SSSR count). The summed E-state index contributed by atoms with van der Waals surface area (Å²) in [5, 5.41) is 17.2. The van der Waals surface area contributed by atoms with E-state index >= 15 is 0 Å². The van der Waals surface area contributed by atoms with Gasteiger partial charge in [0.25, 0.3) is 0 Å². The van der Waals surface area contributed by atoms with Crippen molar-refractivity contribution in [2.24, 2.45) is 0 Å². The highest BCUT2D eigenvalue weighted by atomic mass is 16.6. The predicted molar refractivity (Wildman–Crippen MR) is 173 cm³/mol. The van der Waals surface area contributed by atoms with E-state index in [0.717, 1.165) is 6.42 Å². The van der Waals surface area contributed by atoms with Crippen molar-refractivity contribution in [2.75, 3.05) is 165 Å². The van der Waals surface area contributed by atoms with Crippen molar-refractivity contribution in [2.45, 2.75) is 12.5 Å². The summed E-state index contributed by atoms with van der Waals surface area (Å²) in [5.74, 6) is 0. The summed E-state index contributed by atoms with van der Waals surface area (Å²) < 4.78 is 66.0. The molecule has 1 aromatic carbocycles. The summed E-state index contributed by atoms with van der Waals surface area (Å²) in [6.45, 7) is 10.8. The second-order valence-corrected chi connectivity index (χ2v) is 9.83. The first kappa shape index (κ1) is 43.7. The van der Waals surface area contributed by atoms with Gasteiger partial charge in [-0.25, -0.2) is 0 Å². The molecule has 0 saturated heterocycles. The Labute approximate surface area is 280 Å². The molecule has 14 heteroatoms. The van der Waals surface area contributed by atoms with Gasteiger partial charge in [-0.3, -0.25) is 0 Å². The third-order valence-corrected chi connectivity index (χ3v) is 6.01. The van der Waals surface area contributed by atoms with Crippen LogP contribution in [0.15, 0.2) is 30.3 Å². The number of ether oxygens (including phenoxy) is 12. The normalized spacial score (nSPS) is 12.2. The van der Waals surface area contributed by atoms with E-state index < -0.39 is 0 Å². The van der Waals surface area contributed by atoms with Crippen molar-refractivity contribution < 1.29 is 67.1 Å². The van der Waals surface area contributed by atoms with E-state index in [0.29, 0.717) is 152 Å². The number of aliphatic hydroxyl groups is 2. The van der Waals surface area contributed by atoms with E-state index in [1.807, 2.05) is 18.2 Å². The second-order valence-electron chi connectivity index (χ2n) is 9.83. The first-order valence-electron chi connectivity index (χ1n) is 16.6. The molecule has 1 aromatic rings. The summed E-state index contributed by atoms with van der Waals surface area (Å²) in [7, 11) is 0. The van der Waals surface area contributed by atoms with Crippen molar-refractivity contribution in [1.29, 1.82) is 0 Å². The summed E-state index contributed by atoms with van der Waals surface area (Å²) in [6.07, 6.45) is 0.647. The van der Waals surface area contributed by atoms with Gasteiger partial charge in [-0.05, 0) is 5.56 Å². The molecule has 0 fully saturated rings. The average Bonchev–Trinajstić information content (AvgIpc) is 3.09. The molecule has 1 atom stereocenters. The quantitative estimate of drug-likeness (QED) is 0.0943. The van der Waals surface area contributed by atoms with Crippen molar-refractivity contribution in [1.82, 2.24) is 0 Å². The number of aliphatic hydroxyl groups excluding tert-OH is 2. The lowest BCUT2D eigenvalue weighted by molar-refractivity contribution is -0.0560. The fraction of sp³-hybridized carbons (Fsp3) is 0.818. The summed E-state index contributed by atoms with van der Waals surface area (Å²) >= 11 is 0. The predicted octanol–water partition coefficient (Wildman–Crippen LogP) is 0.782. The molecule has 0 heterocycles. The Balaban J connectivity index is 1.95. The number of benzene rings is 1. The molecule has 0 saturated carbocycles. The van der Waals surface area contributed by atoms with Crippen molar-refractivity contribution >= 4 is 0 Å². The van der Waals surface area contributed by atoms with E-state index in [1.54, 1.807) is 0 Å². The SMILES string of the molecule is OCCOCCOCCOCCOCCOCCOCC(Cc1ccccc1)OCCOCCOCCOCCOCCOCCO. The summed E-state index contributed by atoms with van der Waals surface area (Å²) in [4.78, 5) is 0. The lowest BCUT2D eigenvalue weighted by Crippen LogP contribution is -2.26. The van der Waals surface area contributed by atoms with Crippen molar-refractivity contribution in [3.05, 3.63) is 35.9 Å². The monoisotopic (exact) mass is 680 g/mol. The third-order valence-electron chi connectivity index (χ3n) is 6.01. The minimum atomic E-state index is -0.0974. The van der Waals surface area contributed by atoms with Gasteiger partial charge in [-0.2, -0.15) is 0 Å². The zero-order valence-corrected chi connectivity index (χ0v) is 28.1. The largest absolute Gasteiger partial charge is 0.394 e. The van der Waals surface area contributed by atoms with Gasteiger partial charge in [-0.1, -0.05) is 30.3 Å². The molecule has 0 aliphatic carbocycles. The van der Waals surface area contributed by atoms with Crippen molar-refractivity contribution in [3.8, 4) is 0 Å². The van der Waals surface area contributed by atoms with Crippen molar-refractivity contribution in [3.63, 3.8) is 0 Å². The second kappa shape index (κ2) is 37.5. The minimum Gasteiger partial charge on any atom is -0.394 e. The van der Waals surface area contributed by atoms with Gasteiger partial charge in [-0.15, -0.1) is 0 Å². The van der Waals surface area contributed by atoms with E-state index in [9.17, 15) is 0 Å². The van der Waals surface area contributed by atoms with E-state index in [4.69, 9.17) is 67.1 Å². The highest BCUT2D eigenvalue weighted by Gasteiger charge is 2.11. The maximum atomic E-state index is 8.62. The van der Waals surface area contributed by atoms with Crippen LogP contribution < -0.4 is 0 Å². The van der Waals surface area contributed by atoms with Crippen LogP contribution in [0.1, 0.15) is 5.56 Å². The van der Waals surface area contributed by atoms with Crippen LogP contribution in [-0.2, 0) is 63.3 Å². The van der Waals surface area contributed by atoms with Crippen LogP contribution >= 0.6 is 0 Å². The molecule has 14 nitrogen and oxygen atoms in total. The Morgan fingerprint density at radius 1 is 0.362 bits per heavy atom. The molecule has 276 valence electrons. The van der Waals surface area contributed by atoms with Crippen LogP contribution in [0.3, 0.4) is 0 Å². The molecule has 1 unspecified atom stereocenters. The fourth-order valence-corrected chi connectivity index (χ4v) is 3.74. The Hall–Kier alpha value is -1.34. The van der Waals surface area contributed by atoms with Gasteiger partial charge in [0.05, 0.1) is 171 Å². The topological polar surface area (TPSA) is 151 Å². The molecule has 0 amide bonds. The highest BCUT2D eigenvalue weighted by Crippen LogP contribution is 2.07. The van der Waals surface area contributed by atoms with Gasteiger partial charge in [0, 0.05) is 6.42 Å². The molecule has 0 spiro atoms. The van der Waals surface area contributed by atoms with Crippen LogP contribution in [0.5, 0.6) is 0 Å². The number of hydrogen-bond acceptors (Lipinski definition) is 14. The van der Waals surface area contributed by atoms with E-state index in [2.05, 4.69) is 12.1 Å². The Bertz CT molecular complexity index is 718. The van der Waals surface area contributed by atoms with Gasteiger partial charge >= 0.3 is 0 Å². The number of rotatable bonds is 39. The summed E-state index contributed by atoms with van der Waals surface area (Å²) in [6, 6.07) is 10.2. The number of hydrogen-bond donors (Lipinski definition) is 2. The molecule has 47 heavy (non-hydrogen) atoms. The average molecular weight is 681 g/mol. The molecule has 0 aliphatic heterocycles. The van der Waals surface area contributed by atoms with Crippen LogP contribution in [0.2, 0.25) is 0 Å². The Morgan fingerprint density at radius 3 is 1.00 bits per heavy atom. The molecule has 0 radical (unpaired) electrons. The maximum Gasteiger partial charge on any atom is 0.0849 e. The van der Waals surface area contributed by atoms with Gasteiger partial charge in [0.15, 0.2) is 0 Å². The maximum absolute atomic E-state index is 8.62. The molecule has 0 bridgehead atoms. The van der Waals surface area contributed by atoms with Crippen LogP contribution in [0, 0.1) is 0 Å². The zero-order valence-electron chi connectivity index (χ0n) is 28.1. The van der Waals surface area contributed by atoms with E-state index in [-0.39, 0.29) is 19.3 Å². The van der Waals surface area contributed by atoms with Crippen LogP contribution in [0.25, 0.3) is 0 Å². The molecule has 0 aliphatic rings. The third kappa shape index (κ3) is 33.0. The molecule has 0 aromatic heterocycles. The lowest BCUT2D eigenvalue weighted by atomic mass is 10.1. The standard InChI is InChI=1S/C33H60O14/c34-6-8-36-10-12-38-14-16-40-18-19-42-22-23-44-26-27-46-31-33(30-32-4-2-1-3-5-32)47-29-28-45-25-24-43-21-20-41-17-15-39-13-11-37-9-7-35/h1-5,33-35H,6-31H2. The van der Waals surface area contributed by atoms with Gasteiger partial charge in [0.2, 0.25) is 0 Å². The van der Waals surface area contributed by atoms with Gasteiger partial charge in [0.1, 0.15) is 0 Å².